The van der Waals surface area contributed by atoms with E-state index in [-0.39, 0.29) is 27.6 Å². The lowest BCUT2D eigenvalue weighted by molar-refractivity contribution is -0.157. The van der Waals surface area contributed by atoms with Gasteiger partial charge in [0.15, 0.2) is 5.90 Å². The van der Waals surface area contributed by atoms with E-state index in [1.807, 2.05) is 0 Å². The van der Waals surface area contributed by atoms with Crippen molar-refractivity contribution in [3.8, 4) is 0 Å². The highest BCUT2D eigenvalue weighted by atomic mass is 127. The third-order valence-corrected chi connectivity index (χ3v) is 2.48. The highest BCUT2D eigenvalue weighted by Crippen LogP contribution is 1.99. The number of alkyl halides is 2. The smallest absolute Gasteiger partial charge is 0.323 e. The molecule has 0 aliphatic heterocycles. The van der Waals surface area contributed by atoms with Gasteiger partial charge in [-0.1, -0.05) is 45.2 Å². The predicted octanol–water partition coefficient (Wildman–Crippen LogP) is 1.23. The molecule has 0 saturated heterocycles. The molecule has 0 unspecified atom stereocenters. The topological polar surface area (TPSA) is 93.5 Å². The molecule has 0 rings (SSSR count). The van der Waals surface area contributed by atoms with Crippen LogP contribution in [0, 0.1) is 5.41 Å². The molecule has 0 aliphatic carbocycles. The fourth-order valence-corrected chi connectivity index (χ4v) is 0.948. The van der Waals surface area contributed by atoms with Gasteiger partial charge in [-0.2, -0.15) is 0 Å². The van der Waals surface area contributed by atoms with Crippen LogP contribution >= 0.6 is 45.2 Å². The van der Waals surface area contributed by atoms with Gasteiger partial charge >= 0.3 is 17.9 Å². The number of rotatable bonds is 5. The second-order valence-corrected chi connectivity index (χ2v) is 4.04. The van der Waals surface area contributed by atoms with Gasteiger partial charge in [-0.25, -0.2) is 0 Å². The van der Waals surface area contributed by atoms with Crippen LogP contribution in [0.3, 0.4) is 0 Å². The zero-order valence-corrected chi connectivity index (χ0v) is 12.4. The fraction of sp³-hybridized carbons (Fsp3) is 0.500. The van der Waals surface area contributed by atoms with Crippen LogP contribution in [0.25, 0.3) is 0 Å². The molecule has 0 saturated carbocycles. The van der Waals surface area contributed by atoms with Crippen molar-refractivity contribution in [2.24, 2.45) is 0 Å². The molecule has 16 heavy (non-hydrogen) atoms. The predicted molar refractivity (Wildman–Crippen MR) is 71.9 cm³/mol. The minimum atomic E-state index is -0.725. The molecule has 0 aliphatic rings. The van der Waals surface area contributed by atoms with Crippen molar-refractivity contribution in [3.63, 3.8) is 0 Å². The lowest BCUT2D eigenvalue weighted by atomic mass is 10.3. The molecule has 0 radical (unpaired) electrons. The molecule has 90 valence electrons. The molecule has 1 N–H and O–H groups in total. The summed E-state index contributed by atoms with van der Waals surface area (Å²) in [5.74, 6) is -2.19. The molecule has 0 amide bonds. The first-order valence-corrected chi connectivity index (χ1v) is 7.18. The molecule has 6 nitrogen and oxygen atoms in total. The van der Waals surface area contributed by atoms with Crippen LogP contribution in [0.15, 0.2) is 0 Å². The van der Waals surface area contributed by atoms with Gasteiger partial charge in [0, 0.05) is 6.42 Å². The van der Waals surface area contributed by atoms with Crippen LogP contribution < -0.4 is 0 Å². The Morgan fingerprint density at radius 3 is 1.88 bits per heavy atom. The molecule has 0 spiro atoms. The third-order valence-electron chi connectivity index (χ3n) is 1.24. The van der Waals surface area contributed by atoms with Gasteiger partial charge < -0.3 is 9.47 Å². The third kappa shape index (κ3) is 7.96. The van der Waals surface area contributed by atoms with Crippen molar-refractivity contribution in [1.29, 1.82) is 5.41 Å². The summed E-state index contributed by atoms with van der Waals surface area (Å²) < 4.78 is 9.11. The molecule has 0 bridgehead atoms. The number of esters is 3. The second-order valence-electron chi connectivity index (χ2n) is 2.51. The summed E-state index contributed by atoms with van der Waals surface area (Å²) >= 11 is 3.57. The molecule has 0 heterocycles. The fourth-order valence-electron chi connectivity index (χ4n) is 0.637. The number of hydrogen-bond acceptors (Lipinski definition) is 6. The summed E-state index contributed by atoms with van der Waals surface area (Å²) in [5, 5.41) is 7.20. The minimum Gasteiger partial charge on any atom is -0.412 e. The molecule has 0 fully saturated rings. The number of carbonyl (C=O) groups is 3. The van der Waals surface area contributed by atoms with Gasteiger partial charge in [0.1, 0.15) is 0 Å². The van der Waals surface area contributed by atoms with E-state index in [0.717, 1.165) is 0 Å². The molecular weight excluding hydrogens is 444 g/mol. The monoisotopic (exact) mass is 453 g/mol. The first-order valence-electron chi connectivity index (χ1n) is 4.13. The number of carbonyl (C=O) groups excluding carboxylic acids is 3. The van der Waals surface area contributed by atoms with Crippen molar-refractivity contribution < 1.29 is 23.9 Å². The lowest BCUT2D eigenvalue weighted by Gasteiger charge is -2.03. The Morgan fingerprint density at radius 1 is 0.875 bits per heavy atom. The largest absolute Gasteiger partial charge is 0.412 e. The normalized spacial score (nSPS) is 9.38. The van der Waals surface area contributed by atoms with Crippen LogP contribution in [-0.2, 0) is 23.9 Å². The number of ether oxygens (including phenoxy) is 2. The van der Waals surface area contributed by atoms with E-state index in [4.69, 9.17) is 5.41 Å². The Labute approximate surface area is 119 Å². The maximum atomic E-state index is 11.0. The molecule has 0 aromatic rings. The first-order chi connectivity index (χ1) is 7.49. The van der Waals surface area contributed by atoms with Crippen molar-refractivity contribution >= 4 is 69.0 Å². The van der Waals surface area contributed by atoms with Crippen LogP contribution in [0.5, 0.6) is 0 Å². The average molecular weight is 453 g/mol. The molecule has 0 atom stereocenters. The van der Waals surface area contributed by atoms with Crippen molar-refractivity contribution in [3.05, 3.63) is 0 Å². The Hall–Kier alpha value is -0.260. The lowest BCUT2D eigenvalue weighted by Crippen LogP contribution is -2.17. The van der Waals surface area contributed by atoms with Crippen LogP contribution in [0.1, 0.15) is 12.8 Å². The molecule has 0 aromatic heterocycles. The summed E-state index contributed by atoms with van der Waals surface area (Å²) in [6.07, 6.45) is -0.217. The summed E-state index contributed by atoms with van der Waals surface area (Å²) in [5.41, 5.74) is 0. The van der Waals surface area contributed by atoms with Crippen LogP contribution in [0.4, 0.5) is 0 Å². The Kier molecular flexibility index (Phi) is 8.70. The summed E-state index contributed by atoms with van der Waals surface area (Å²) in [6.45, 7) is 0. The maximum absolute atomic E-state index is 11.0. The summed E-state index contributed by atoms with van der Waals surface area (Å²) in [4.78, 5) is 32.4. The first kappa shape index (κ1) is 15.7. The van der Waals surface area contributed by atoms with Gasteiger partial charge in [0.25, 0.3) is 0 Å². The number of hydrogen-bond donors (Lipinski definition) is 1. The van der Waals surface area contributed by atoms with Gasteiger partial charge in [-0.3, -0.25) is 19.8 Å². The SMILES string of the molecule is N=C(CCC(=O)OC(=O)CI)OC(=O)CI. The van der Waals surface area contributed by atoms with Crippen molar-refractivity contribution in [2.75, 3.05) is 8.86 Å². The number of halogens is 2. The Balaban J connectivity index is 3.79. The van der Waals surface area contributed by atoms with Gasteiger partial charge in [-0.05, 0) is 0 Å². The maximum Gasteiger partial charge on any atom is 0.323 e. The summed E-state index contributed by atoms with van der Waals surface area (Å²) in [7, 11) is 0. The van der Waals surface area contributed by atoms with Gasteiger partial charge in [-0.15, -0.1) is 0 Å². The Bertz CT molecular complexity index is 275. The quantitative estimate of drug-likeness (QED) is 0.169. The zero-order chi connectivity index (χ0) is 12.6. The van der Waals surface area contributed by atoms with Crippen LogP contribution in [-0.4, -0.2) is 32.7 Å². The highest BCUT2D eigenvalue weighted by molar-refractivity contribution is 14.1. The molecular formula is C8H9I2NO5. The van der Waals surface area contributed by atoms with Crippen molar-refractivity contribution in [2.45, 2.75) is 12.8 Å². The molecule has 8 heteroatoms. The minimum absolute atomic E-state index is 0.0598. The Morgan fingerprint density at radius 2 is 1.38 bits per heavy atom. The second kappa shape index (κ2) is 8.84. The zero-order valence-electron chi connectivity index (χ0n) is 8.13. The van der Waals surface area contributed by atoms with E-state index >= 15 is 0 Å². The van der Waals surface area contributed by atoms with Crippen molar-refractivity contribution in [1.82, 2.24) is 0 Å². The number of nitrogens with one attached hydrogen (secondary N) is 1. The van der Waals surface area contributed by atoms with Gasteiger partial charge in [0.2, 0.25) is 0 Å². The summed E-state index contributed by atoms with van der Waals surface area (Å²) in [6, 6.07) is 0. The van der Waals surface area contributed by atoms with E-state index < -0.39 is 17.9 Å². The van der Waals surface area contributed by atoms with E-state index in [9.17, 15) is 14.4 Å². The van der Waals surface area contributed by atoms with Crippen LogP contribution in [0.2, 0.25) is 0 Å². The van der Waals surface area contributed by atoms with Gasteiger partial charge in [0.05, 0.1) is 15.3 Å². The van der Waals surface area contributed by atoms with E-state index in [2.05, 4.69) is 9.47 Å². The standard InChI is InChI=1S/C8H9I2NO5/c9-3-7(13)15-5(11)1-2-6(12)16-8(14)4-10/h11H,1-4H2. The highest BCUT2D eigenvalue weighted by Gasteiger charge is 2.12. The van der Waals surface area contributed by atoms with E-state index in [1.54, 1.807) is 45.2 Å². The molecule has 0 aromatic carbocycles. The average Bonchev–Trinajstić information content (AvgIpc) is 2.26. The van der Waals surface area contributed by atoms with E-state index in [1.165, 1.54) is 0 Å². The van der Waals surface area contributed by atoms with E-state index in [0.29, 0.717) is 0 Å².